The van der Waals surface area contributed by atoms with Gasteiger partial charge in [0.25, 0.3) is 5.69 Å². The van der Waals surface area contributed by atoms with E-state index >= 15 is 0 Å². The summed E-state index contributed by atoms with van der Waals surface area (Å²) >= 11 is 0. The van der Waals surface area contributed by atoms with Crippen LogP contribution in [0.15, 0.2) is 72.1 Å². The van der Waals surface area contributed by atoms with Crippen LogP contribution in [0.3, 0.4) is 0 Å². The van der Waals surface area contributed by atoms with Gasteiger partial charge in [0.05, 0.1) is 17.4 Å². The van der Waals surface area contributed by atoms with E-state index in [1.165, 1.54) is 6.07 Å². The fourth-order valence-corrected chi connectivity index (χ4v) is 3.76. The van der Waals surface area contributed by atoms with Crippen molar-refractivity contribution in [3.05, 3.63) is 93.4 Å². The molecule has 1 aliphatic rings. The molecule has 0 fully saturated rings. The zero-order chi connectivity index (χ0) is 20.5. The minimum Gasteiger partial charge on any atom is -0.462 e. The van der Waals surface area contributed by atoms with Gasteiger partial charge in [0.1, 0.15) is 11.3 Å². The van der Waals surface area contributed by atoms with Crippen molar-refractivity contribution in [3.63, 3.8) is 0 Å². The highest BCUT2D eigenvalue weighted by atomic mass is 16.6. The first kappa shape index (κ1) is 18.5. The van der Waals surface area contributed by atoms with Crippen LogP contribution >= 0.6 is 0 Å². The topological polar surface area (TPSA) is 105 Å². The number of nitrogens with two attached hydrogens (primary N) is 1. The van der Waals surface area contributed by atoms with Crippen LogP contribution in [0.25, 0.3) is 10.8 Å². The van der Waals surface area contributed by atoms with Gasteiger partial charge in [-0.15, -0.1) is 0 Å². The molecule has 3 aromatic carbocycles. The molecule has 0 amide bonds. The molecule has 1 atom stereocenters. The molecule has 4 rings (SSSR count). The zero-order valence-corrected chi connectivity index (χ0v) is 15.6. The summed E-state index contributed by atoms with van der Waals surface area (Å²) in [7, 11) is 0. The predicted molar refractivity (Wildman–Crippen MR) is 107 cm³/mol. The second-order valence-electron chi connectivity index (χ2n) is 6.55. The van der Waals surface area contributed by atoms with Crippen LogP contribution < -0.4 is 10.5 Å². The van der Waals surface area contributed by atoms with Gasteiger partial charge in [0, 0.05) is 17.2 Å². The third-order valence-corrected chi connectivity index (χ3v) is 4.93. The first-order valence-electron chi connectivity index (χ1n) is 9.12. The summed E-state index contributed by atoms with van der Waals surface area (Å²) < 4.78 is 11.0. The Bertz CT molecular complexity index is 1170. The van der Waals surface area contributed by atoms with Crippen molar-refractivity contribution in [1.82, 2.24) is 0 Å². The highest BCUT2D eigenvalue weighted by Gasteiger charge is 2.39. The molecule has 146 valence electrons. The molecule has 7 nitrogen and oxygen atoms in total. The quantitative estimate of drug-likeness (QED) is 0.410. The molecule has 1 aliphatic heterocycles. The molecule has 29 heavy (non-hydrogen) atoms. The normalized spacial score (nSPS) is 15.6. The van der Waals surface area contributed by atoms with Crippen molar-refractivity contribution < 1.29 is 19.2 Å². The molecule has 3 aromatic rings. The first-order chi connectivity index (χ1) is 14.0. The summed E-state index contributed by atoms with van der Waals surface area (Å²) in [5.41, 5.74) is 7.07. The van der Waals surface area contributed by atoms with Crippen LogP contribution in [0.1, 0.15) is 24.0 Å². The summed E-state index contributed by atoms with van der Waals surface area (Å²) in [6, 6.07) is 17.5. The number of esters is 1. The van der Waals surface area contributed by atoms with Crippen molar-refractivity contribution in [2.24, 2.45) is 5.73 Å². The van der Waals surface area contributed by atoms with Crippen LogP contribution in [0, 0.1) is 10.1 Å². The maximum Gasteiger partial charge on any atom is 0.340 e. The Labute approximate surface area is 166 Å². The number of nitro benzene ring substituents is 1. The van der Waals surface area contributed by atoms with Crippen LogP contribution in [0.5, 0.6) is 5.75 Å². The molecule has 0 aliphatic carbocycles. The fourth-order valence-electron chi connectivity index (χ4n) is 3.76. The summed E-state index contributed by atoms with van der Waals surface area (Å²) in [5, 5.41) is 13.5. The van der Waals surface area contributed by atoms with Gasteiger partial charge in [-0.05, 0) is 23.8 Å². The van der Waals surface area contributed by atoms with E-state index in [0.29, 0.717) is 16.9 Å². The van der Waals surface area contributed by atoms with Gasteiger partial charge in [-0.1, -0.05) is 48.5 Å². The van der Waals surface area contributed by atoms with Gasteiger partial charge in [-0.25, -0.2) is 4.79 Å². The third-order valence-electron chi connectivity index (χ3n) is 4.93. The Morgan fingerprint density at radius 1 is 1.14 bits per heavy atom. The van der Waals surface area contributed by atoms with E-state index in [9.17, 15) is 14.9 Å². The Kier molecular flexibility index (Phi) is 4.64. The molecule has 1 unspecified atom stereocenters. The van der Waals surface area contributed by atoms with Crippen molar-refractivity contribution in [2.45, 2.75) is 12.8 Å². The van der Waals surface area contributed by atoms with Crippen LogP contribution in [-0.2, 0) is 9.53 Å². The molecule has 0 radical (unpaired) electrons. The van der Waals surface area contributed by atoms with E-state index < -0.39 is 16.8 Å². The van der Waals surface area contributed by atoms with Crippen molar-refractivity contribution in [1.29, 1.82) is 0 Å². The van der Waals surface area contributed by atoms with Gasteiger partial charge < -0.3 is 15.2 Å². The number of hydrogen-bond donors (Lipinski definition) is 1. The second kappa shape index (κ2) is 7.27. The predicted octanol–water partition coefficient (Wildman–Crippen LogP) is 4.01. The summed E-state index contributed by atoms with van der Waals surface area (Å²) in [6.45, 7) is 1.82. The Hall–Kier alpha value is -3.87. The van der Waals surface area contributed by atoms with Gasteiger partial charge in [-0.2, -0.15) is 0 Å². The van der Waals surface area contributed by atoms with Crippen LogP contribution in [-0.4, -0.2) is 17.5 Å². The lowest BCUT2D eigenvalue weighted by Gasteiger charge is -2.29. The Morgan fingerprint density at radius 2 is 1.86 bits per heavy atom. The van der Waals surface area contributed by atoms with Crippen molar-refractivity contribution in [2.75, 3.05) is 6.61 Å². The number of carbonyl (C=O) groups is 1. The van der Waals surface area contributed by atoms with Crippen LogP contribution in [0.4, 0.5) is 5.69 Å². The van der Waals surface area contributed by atoms with Gasteiger partial charge in [0.2, 0.25) is 5.88 Å². The maximum absolute atomic E-state index is 12.8. The molecule has 0 aromatic heterocycles. The van der Waals surface area contributed by atoms with E-state index in [0.717, 1.165) is 10.8 Å². The minimum absolute atomic E-state index is 0.0602. The monoisotopic (exact) mass is 390 g/mol. The van der Waals surface area contributed by atoms with Crippen LogP contribution in [0.2, 0.25) is 0 Å². The maximum atomic E-state index is 12.8. The average molecular weight is 390 g/mol. The molecule has 0 saturated carbocycles. The van der Waals surface area contributed by atoms with Gasteiger partial charge in [-0.3, -0.25) is 10.1 Å². The number of carbonyl (C=O) groups excluding carboxylic acids is 1. The number of nitrogens with zero attached hydrogens (tertiary/aromatic N) is 1. The van der Waals surface area contributed by atoms with Gasteiger partial charge >= 0.3 is 5.97 Å². The van der Waals surface area contributed by atoms with Crippen molar-refractivity contribution in [3.8, 4) is 5.75 Å². The molecule has 1 heterocycles. The van der Waals surface area contributed by atoms with E-state index in [2.05, 4.69) is 0 Å². The highest BCUT2D eigenvalue weighted by molar-refractivity contribution is 5.97. The molecule has 2 N–H and O–H groups in total. The smallest absolute Gasteiger partial charge is 0.340 e. The lowest BCUT2D eigenvalue weighted by Crippen LogP contribution is -2.28. The molecular formula is C22H18N2O5. The standard InChI is InChI=1S/C22H18N2O5/c1-2-28-22(25)20-19(15-9-5-6-10-16(15)24(26)27)18-14-8-4-3-7-13(14)11-12-17(18)29-21(20)23/h3-12,19H,2,23H2,1H3. The number of rotatable bonds is 4. The number of hydrogen-bond acceptors (Lipinski definition) is 6. The third kappa shape index (κ3) is 3.06. The highest BCUT2D eigenvalue weighted by Crippen LogP contribution is 2.48. The number of fused-ring (bicyclic) bond motifs is 3. The lowest BCUT2D eigenvalue weighted by atomic mass is 9.80. The van der Waals surface area contributed by atoms with E-state index in [-0.39, 0.29) is 23.8 Å². The zero-order valence-electron chi connectivity index (χ0n) is 15.6. The minimum atomic E-state index is -0.800. The largest absolute Gasteiger partial charge is 0.462 e. The molecule has 7 heteroatoms. The van der Waals surface area contributed by atoms with E-state index in [1.54, 1.807) is 31.2 Å². The number of benzene rings is 3. The Morgan fingerprint density at radius 3 is 2.62 bits per heavy atom. The summed E-state index contributed by atoms with van der Waals surface area (Å²) in [5.74, 6) is -1.12. The molecule has 0 saturated heterocycles. The molecule has 0 bridgehead atoms. The number of nitro groups is 1. The van der Waals surface area contributed by atoms with Crippen molar-refractivity contribution >= 4 is 22.4 Å². The van der Waals surface area contributed by atoms with E-state index in [4.69, 9.17) is 15.2 Å². The number of para-hydroxylation sites is 1. The molecular weight excluding hydrogens is 372 g/mol. The first-order valence-corrected chi connectivity index (χ1v) is 9.12. The van der Waals surface area contributed by atoms with E-state index in [1.807, 2.05) is 30.3 Å². The molecule has 0 spiro atoms. The van der Waals surface area contributed by atoms with Gasteiger partial charge in [0.15, 0.2) is 0 Å². The summed E-state index contributed by atoms with van der Waals surface area (Å²) in [6.07, 6.45) is 0. The second-order valence-corrected chi connectivity index (χ2v) is 6.55. The lowest BCUT2D eigenvalue weighted by molar-refractivity contribution is -0.385. The SMILES string of the molecule is CCOC(=O)C1=C(N)Oc2ccc3ccccc3c2C1c1ccccc1[N+](=O)[O-]. The fraction of sp³-hybridized carbons (Fsp3) is 0.136. The Balaban J connectivity index is 2.07. The summed E-state index contributed by atoms with van der Waals surface area (Å²) in [4.78, 5) is 24.1. The average Bonchev–Trinajstić information content (AvgIpc) is 2.72. The number of ether oxygens (including phenoxy) is 2.